The van der Waals surface area contributed by atoms with Gasteiger partial charge in [0.1, 0.15) is 17.3 Å². The molecule has 0 bridgehead atoms. The lowest BCUT2D eigenvalue weighted by atomic mass is 9.74. The smallest absolute Gasteiger partial charge is 0.312 e. The van der Waals surface area contributed by atoms with E-state index >= 15 is 0 Å². The van der Waals surface area contributed by atoms with Gasteiger partial charge in [-0.05, 0) is 44.2 Å². The highest BCUT2D eigenvalue weighted by molar-refractivity contribution is 5.82. The maximum atomic E-state index is 14.1. The molecule has 0 N–H and O–H groups in total. The lowest BCUT2D eigenvalue weighted by Gasteiger charge is -2.39. The third-order valence-corrected chi connectivity index (χ3v) is 6.39. The third kappa shape index (κ3) is 3.98. The number of amides is 1. The number of rotatable bonds is 6. The van der Waals surface area contributed by atoms with Gasteiger partial charge in [-0.3, -0.25) is 9.59 Å². The van der Waals surface area contributed by atoms with E-state index in [1.165, 1.54) is 6.07 Å². The van der Waals surface area contributed by atoms with Gasteiger partial charge in [0.2, 0.25) is 5.91 Å². The molecule has 1 saturated heterocycles. The first-order valence-corrected chi connectivity index (χ1v) is 10.6. The summed E-state index contributed by atoms with van der Waals surface area (Å²) in [6.07, 6.45) is 2.28. The quantitative estimate of drug-likeness (QED) is 0.672. The van der Waals surface area contributed by atoms with E-state index in [0.717, 1.165) is 6.42 Å². The van der Waals surface area contributed by atoms with Gasteiger partial charge in [-0.15, -0.1) is 0 Å². The van der Waals surface area contributed by atoms with Crippen LogP contribution in [0.15, 0.2) is 34.9 Å². The van der Waals surface area contributed by atoms with E-state index in [1.807, 2.05) is 4.90 Å². The Morgan fingerprint density at radius 2 is 2.00 bits per heavy atom. The fourth-order valence-electron chi connectivity index (χ4n) is 4.32. The number of ether oxygens (including phenoxy) is 1. The van der Waals surface area contributed by atoms with E-state index in [1.54, 1.807) is 31.2 Å². The number of aromatic nitrogens is 1. The molecule has 1 aliphatic carbocycles. The lowest BCUT2D eigenvalue weighted by molar-refractivity contribution is -0.160. The van der Waals surface area contributed by atoms with Crippen LogP contribution in [0.25, 0.3) is 11.3 Å². The molecule has 0 spiro atoms. The highest BCUT2D eigenvalue weighted by Crippen LogP contribution is 2.42. The molecule has 160 valence electrons. The van der Waals surface area contributed by atoms with Crippen LogP contribution < -0.4 is 0 Å². The van der Waals surface area contributed by atoms with Crippen molar-refractivity contribution in [1.82, 2.24) is 10.1 Å². The van der Waals surface area contributed by atoms with Crippen LogP contribution in [0.4, 0.5) is 4.39 Å². The predicted octanol–water partition coefficient (Wildman–Crippen LogP) is 3.85. The second-order valence-electron chi connectivity index (χ2n) is 8.48. The monoisotopic (exact) mass is 414 g/mol. The summed E-state index contributed by atoms with van der Waals surface area (Å²) in [5, 5.41) is 4.00. The Balaban J connectivity index is 1.50. The molecule has 2 aromatic rings. The summed E-state index contributed by atoms with van der Waals surface area (Å²) in [5.74, 6) is 0.649. The number of piperidine rings is 1. The summed E-state index contributed by atoms with van der Waals surface area (Å²) in [5.41, 5.74) is -0.0114. The first-order valence-electron chi connectivity index (χ1n) is 10.6. The van der Waals surface area contributed by atoms with Crippen LogP contribution in [0, 0.1) is 23.1 Å². The summed E-state index contributed by atoms with van der Waals surface area (Å²) in [6.45, 7) is 5.21. The Kier molecular flexibility index (Phi) is 5.62. The Hall–Kier alpha value is -2.70. The zero-order valence-corrected chi connectivity index (χ0v) is 17.4. The Morgan fingerprint density at radius 3 is 2.63 bits per heavy atom. The SMILES string of the molecule is CCOC(=O)C1(Cc2cc(-c3ccccc3F)no2)CCN(C(=O)C2CC2C)CC1. The molecule has 0 radical (unpaired) electrons. The van der Waals surface area contributed by atoms with Crippen LogP contribution in [0.1, 0.15) is 38.9 Å². The number of nitrogens with zero attached hydrogens (tertiary/aromatic N) is 2. The summed E-state index contributed by atoms with van der Waals surface area (Å²) < 4.78 is 24.9. The van der Waals surface area contributed by atoms with Gasteiger partial charge in [-0.25, -0.2) is 4.39 Å². The van der Waals surface area contributed by atoms with Crippen LogP contribution in [0.5, 0.6) is 0 Å². The van der Waals surface area contributed by atoms with E-state index in [0.29, 0.717) is 61.9 Å². The number of hydrogen-bond acceptors (Lipinski definition) is 5. The minimum Gasteiger partial charge on any atom is -0.466 e. The maximum Gasteiger partial charge on any atom is 0.312 e. The second kappa shape index (κ2) is 8.20. The molecule has 4 rings (SSSR count). The highest BCUT2D eigenvalue weighted by Gasteiger charge is 2.47. The van der Waals surface area contributed by atoms with Crippen molar-refractivity contribution in [1.29, 1.82) is 0 Å². The fraction of sp³-hybridized carbons (Fsp3) is 0.522. The van der Waals surface area contributed by atoms with Gasteiger partial charge in [0, 0.05) is 37.1 Å². The molecule has 1 saturated carbocycles. The Labute approximate surface area is 175 Å². The molecule has 2 heterocycles. The molecule has 2 atom stereocenters. The van der Waals surface area contributed by atoms with Gasteiger partial charge in [0.15, 0.2) is 0 Å². The number of likely N-dealkylation sites (tertiary alicyclic amines) is 1. The van der Waals surface area contributed by atoms with Crippen LogP contribution in [0.3, 0.4) is 0 Å². The number of hydrogen-bond donors (Lipinski definition) is 0. The molecule has 2 unspecified atom stereocenters. The second-order valence-corrected chi connectivity index (χ2v) is 8.48. The standard InChI is InChI=1S/C23H27FN2O4/c1-3-29-22(28)23(8-10-26(11-9-23)21(27)18-12-15(18)2)14-16-13-20(25-30-16)17-6-4-5-7-19(17)24/h4-7,13,15,18H,3,8-12,14H2,1-2H3. The normalized spacial score (nSPS) is 22.6. The Bertz CT molecular complexity index is 933. The van der Waals surface area contributed by atoms with Gasteiger partial charge in [0.05, 0.1) is 12.0 Å². The molecule has 1 aromatic carbocycles. The van der Waals surface area contributed by atoms with Gasteiger partial charge < -0.3 is 14.2 Å². The summed E-state index contributed by atoms with van der Waals surface area (Å²) in [6, 6.07) is 8.05. The van der Waals surface area contributed by atoms with E-state index in [-0.39, 0.29) is 23.6 Å². The van der Waals surface area contributed by atoms with E-state index in [9.17, 15) is 14.0 Å². The summed E-state index contributed by atoms with van der Waals surface area (Å²) >= 11 is 0. The van der Waals surface area contributed by atoms with Crippen molar-refractivity contribution in [3.8, 4) is 11.3 Å². The van der Waals surface area contributed by atoms with Crippen LogP contribution in [-0.2, 0) is 20.7 Å². The lowest BCUT2D eigenvalue weighted by Crippen LogP contribution is -2.48. The minimum atomic E-state index is -0.770. The molecule has 6 nitrogen and oxygen atoms in total. The molecular formula is C23H27FN2O4. The molecular weight excluding hydrogens is 387 g/mol. The molecule has 1 aliphatic heterocycles. The van der Waals surface area contributed by atoms with Crippen LogP contribution >= 0.6 is 0 Å². The first kappa shape index (κ1) is 20.6. The van der Waals surface area contributed by atoms with Crippen molar-refractivity contribution in [3.05, 3.63) is 41.9 Å². The average Bonchev–Trinajstić information content (AvgIpc) is 3.30. The molecule has 2 fully saturated rings. The van der Waals surface area contributed by atoms with Gasteiger partial charge in [0.25, 0.3) is 0 Å². The summed E-state index contributed by atoms with van der Waals surface area (Å²) in [7, 11) is 0. The average molecular weight is 414 g/mol. The zero-order chi connectivity index (χ0) is 21.3. The Morgan fingerprint density at radius 1 is 1.30 bits per heavy atom. The number of halogens is 1. The fourth-order valence-corrected chi connectivity index (χ4v) is 4.32. The summed E-state index contributed by atoms with van der Waals surface area (Å²) in [4.78, 5) is 27.3. The van der Waals surface area contributed by atoms with Crippen LogP contribution in [0.2, 0.25) is 0 Å². The molecule has 30 heavy (non-hydrogen) atoms. The zero-order valence-electron chi connectivity index (χ0n) is 17.4. The molecule has 2 aliphatic rings. The molecule has 1 aromatic heterocycles. The minimum absolute atomic E-state index is 0.137. The number of carbonyl (C=O) groups is 2. The highest BCUT2D eigenvalue weighted by atomic mass is 19.1. The van der Waals surface area contributed by atoms with E-state index < -0.39 is 5.41 Å². The molecule has 1 amide bonds. The van der Waals surface area contributed by atoms with Gasteiger partial charge >= 0.3 is 5.97 Å². The number of esters is 1. The van der Waals surface area contributed by atoms with Crippen LogP contribution in [-0.4, -0.2) is 41.6 Å². The molecule has 7 heteroatoms. The number of benzene rings is 1. The third-order valence-electron chi connectivity index (χ3n) is 6.39. The first-order chi connectivity index (χ1) is 14.4. The van der Waals surface area contributed by atoms with Crippen molar-refractivity contribution in [2.24, 2.45) is 17.3 Å². The van der Waals surface area contributed by atoms with Crippen molar-refractivity contribution < 1.29 is 23.2 Å². The van der Waals surface area contributed by atoms with Gasteiger partial charge in [-0.2, -0.15) is 0 Å². The van der Waals surface area contributed by atoms with Crippen molar-refractivity contribution in [2.75, 3.05) is 19.7 Å². The number of carbonyl (C=O) groups excluding carboxylic acids is 2. The van der Waals surface area contributed by atoms with Crippen molar-refractivity contribution in [3.63, 3.8) is 0 Å². The van der Waals surface area contributed by atoms with E-state index in [2.05, 4.69) is 12.1 Å². The topological polar surface area (TPSA) is 72.6 Å². The van der Waals surface area contributed by atoms with Crippen molar-refractivity contribution in [2.45, 2.75) is 39.5 Å². The van der Waals surface area contributed by atoms with E-state index in [4.69, 9.17) is 9.26 Å². The maximum absolute atomic E-state index is 14.1. The largest absolute Gasteiger partial charge is 0.466 e. The predicted molar refractivity (Wildman–Crippen MR) is 108 cm³/mol. The van der Waals surface area contributed by atoms with Gasteiger partial charge in [-0.1, -0.05) is 24.2 Å². The van der Waals surface area contributed by atoms with Crippen molar-refractivity contribution >= 4 is 11.9 Å².